The molecule has 2 rings (SSSR count). The number of hydrogen-bond acceptors (Lipinski definition) is 3. The molecule has 0 spiro atoms. The fourth-order valence-corrected chi connectivity index (χ4v) is 2.32. The van der Waals surface area contributed by atoms with Crippen LogP contribution >= 0.6 is 0 Å². The molecule has 23 heavy (non-hydrogen) atoms. The van der Waals surface area contributed by atoms with E-state index in [2.05, 4.69) is 0 Å². The SMILES string of the molecule is COc1ccccc1C(C)N(C)C(=O)COc1ccc(C)cc1. The van der Waals surface area contributed by atoms with Crippen LogP contribution < -0.4 is 9.47 Å². The first-order valence-electron chi connectivity index (χ1n) is 7.61. The molecule has 4 nitrogen and oxygen atoms in total. The number of para-hydroxylation sites is 1. The number of likely N-dealkylation sites (N-methyl/N-ethyl adjacent to an activating group) is 1. The lowest BCUT2D eigenvalue weighted by molar-refractivity contribution is -0.134. The van der Waals surface area contributed by atoms with Crippen molar-refractivity contribution in [3.05, 3.63) is 59.7 Å². The molecular formula is C19H23NO3. The monoisotopic (exact) mass is 313 g/mol. The largest absolute Gasteiger partial charge is 0.496 e. The maximum absolute atomic E-state index is 12.4. The van der Waals surface area contributed by atoms with Gasteiger partial charge in [-0.2, -0.15) is 0 Å². The summed E-state index contributed by atoms with van der Waals surface area (Å²) in [7, 11) is 3.41. The number of nitrogens with zero attached hydrogens (tertiary/aromatic N) is 1. The van der Waals surface area contributed by atoms with E-state index in [0.717, 1.165) is 16.9 Å². The minimum Gasteiger partial charge on any atom is -0.496 e. The van der Waals surface area contributed by atoms with Crippen molar-refractivity contribution in [3.8, 4) is 11.5 Å². The van der Waals surface area contributed by atoms with Crippen molar-refractivity contribution in [2.24, 2.45) is 0 Å². The molecule has 0 aliphatic carbocycles. The third-order valence-corrected chi connectivity index (χ3v) is 3.95. The smallest absolute Gasteiger partial charge is 0.260 e. The number of hydrogen-bond donors (Lipinski definition) is 0. The van der Waals surface area contributed by atoms with Gasteiger partial charge in [-0.15, -0.1) is 0 Å². The highest BCUT2D eigenvalue weighted by molar-refractivity contribution is 5.78. The molecular weight excluding hydrogens is 290 g/mol. The van der Waals surface area contributed by atoms with Gasteiger partial charge in [0, 0.05) is 12.6 Å². The molecule has 0 aliphatic heterocycles. The predicted molar refractivity (Wildman–Crippen MR) is 90.9 cm³/mol. The summed E-state index contributed by atoms with van der Waals surface area (Å²) in [6, 6.07) is 15.3. The van der Waals surface area contributed by atoms with Crippen LogP contribution in [0, 0.1) is 6.92 Å². The third-order valence-electron chi connectivity index (χ3n) is 3.95. The zero-order valence-electron chi connectivity index (χ0n) is 14.1. The molecule has 0 radical (unpaired) electrons. The van der Waals surface area contributed by atoms with Crippen molar-refractivity contribution in [1.82, 2.24) is 4.90 Å². The van der Waals surface area contributed by atoms with Gasteiger partial charge in [0.15, 0.2) is 6.61 Å². The molecule has 1 atom stereocenters. The average molecular weight is 313 g/mol. The van der Waals surface area contributed by atoms with Gasteiger partial charge < -0.3 is 14.4 Å². The van der Waals surface area contributed by atoms with Crippen LogP contribution in [-0.2, 0) is 4.79 Å². The summed E-state index contributed by atoms with van der Waals surface area (Å²) >= 11 is 0. The maximum Gasteiger partial charge on any atom is 0.260 e. The molecule has 0 fully saturated rings. The van der Waals surface area contributed by atoms with Crippen LogP contribution in [0.2, 0.25) is 0 Å². The Morgan fingerprint density at radius 2 is 1.78 bits per heavy atom. The van der Waals surface area contributed by atoms with Gasteiger partial charge >= 0.3 is 0 Å². The van der Waals surface area contributed by atoms with Crippen LogP contribution in [0.15, 0.2) is 48.5 Å². The molecule has 2 aromatic carbocycles. The minimum atomic E-state index is -0.0970. The van der Waals surface area contributed by atoms with Gasteiger partial charge in [-0.25, -0.2) is 0 Å². The molecule has 122 valence electrons. The van der Waals surface area contributed by atoms with Gasteiger partial charge in [-0.05, 0) is 32.0 Å². The van der Waals surface area contributed by atoms with Gasteiger partial charge in [-0.3, -0.25) is 4.79 Å². The summed E-state index contributed by atoms with van der Waals surface area (Å²) in [5, 5.41) is 0. The molecule has 0 aromatic heterocycles. The van der Waals surface area contributed by atoms with Crippen molar-refractivity contribution in [2.45, 2.75) is 19.9 Å². The van der Waals surface area contributed by atoms with Gasteiger partial charge in [0.25, 0.3) is 5.91 Å². The fraction of sp³-hybridized carbons (Fsp3) is 0.316. The van der Waals surface area contributed by atoms with Crippen LogP contribution in [0.3, 0.4) is 0 Å². The number of aryl methyl sites for hydroxylation is 1. The van der Waals surface area contributed by atoms with E-state index in [1.54, 1.807) is 19.1 Å². The number of carbonyl (C=O) groups excluding carboxylic acids is 1. The average Bonchev–Trinajstić information content (AvgIpc) is 2.59. The first-order chi connectivity index (χ1) is 11.0. The van der Waals surface area contributed by atoms with Gasteiger partial charge in [0.2, 0.25) is 0 Å². The number of methoxy groups -OCH3 is 1. The predicted octanol–water partition coefficient (Wildman–Crippen LogP) is 3.60. The van der Waals surface area contributed by atoms with E-state index >= 15 is 0 Å². The summed E-state index contributed by atoms with van der Waals surface area (Å²) in [6.45, 7) is 4.00. The Morgan fingerprint density at radius 3 is 2.43 bits per heavy atom. The Bertz CT molecular complexity index is 652. The van der Waals surface area contributed by atoms with Crippen molar-refractivity contribution in [2.75, 3.05) is 20.8 Å². The highest BCUT2D eigenvalue weighted by Crippen LogP contribution is 2.28. The van der Waals surface area contributed by atoms with E-state index in [1.165, 1.54) is 0 Å². The summed E-state index contributed by atoms with van der Waals surface area (Å²) in [4.78, 5) is 14.0. The second-order valence-electron chi connectivity index (χ2n) is 5.52. The summed E-state index contributed by atoms with van der Waals surface area (Å²) in [5.74, 6) is 1.39. The number of ether oxygens (including phenoxy) is 2. The number of benzene rings is 2. The highest BCUT2D eigenvalue weighted by atomic mass is 16.5. The fourth-order valence-electron chi connectivity index (χ4n) is 2.32. The van der Waals surface area contributed by atoms with Crippen molar-refractivity contribution in [1.29, 1.82) is 0 Å². The third kappa shape index (κ3) is 4.25. The number of amides is 1. The molecule has 0 aliphatic rings. The topological polar surface area (TPSA) is 38.8 Å². The van der Waals surface area contributed by atoms with Crippen molar-refractivity contribution >= 4 is 5.91 Å². The summed E-state index contributed by atoms with van der Waals surface area (Å²) in [6.07, 6.45) is 0. The number of rotatable bonds is 6. The second-order valence-corrected chi connectivity index (χ2v) is 5.52. The lowest BCUT2D eigenvalue weighted by Crippen LogP contribution is -2.33. The minimum absolute atomic E-state index is 0.0129. The van der Waals surface area contributed by atoms with Crippen LogP contribution in [0.4, 0.5) is 0 Å². The summed E-state index contributed by atoms with van der Waals surface area (Å²) < 4.78 is 10.9. The van der Waals surface area contributed by atoms with Crippen molar-refractivity contribution in [3.63, 3.8) is 0 Å². The Hall–Kier alpha value is -2.49. The molecule has 0 heterocycles. The molecule has 1 unspecified atom stereocenters. The van der Waals surface area contributed by atoms with E-state index in [0.29, 0.717) is 5.75 Å². The van der Waals surface area contributed by atoms with Crippen LogP contribution in [0.5, 0.6) is 11.5 Å². The second kappa shape index (κ2) is 7.68. The van der Waals surface area contributed by atoms with E-state index in [4.69, 9.17) is 9.47 Å². The van der Waals surface area contributed by atoms with E-state index in [1.807, 2.05) is 62.4 Å². The zero-order chi connectivity index (χ0) is 16.8. The normalized spacial score (nSPS) is 11.7. The van der Waals surface area contributed by atoms with Gasteiger partial charge in [0.05, 0.1) is 13.2 Å². The molecule has 0 N–H and O–H groups in total. The Labute approximate surface area is 137 Å². The molecule has 0 bridgehead atoms. The molecule has 4 heteroatoms. The number of carbonyl (C=O) groups is 1. The van der Waals surface area contributed by atoms with Crippen LogP contribution in [-0.4, -0.2) is 31.6 Å². The zero-order valence-corrected chi connectivity index (χ0v) is 14.1. The Morgan fingerprint density at radius 1 is 1.13 bits per heavy atom. The lowest BCUT2D eigenvalue weighted by atomic mass is 10.1. The summed E-state index contributed by atoms with van der Waals surface area (Å²) in [5.41, 5.74) is 2.13. The Balaban J connectivity index is 1.99. The van der Waals surface area contributed by atoms with Crippen LogP contribution in [0.1, 0.15) is 24.1 Å². The maximum atomic E-state index is 12.4. The first kappa shape index (κ1) is 16.9. The molecule has 0 saturated carbocycles. The standard InChI is InChI=1S/C19H23NO3/c1-14-9-11-16(12-10-14)23-13-19(21)20(3)15(2)17-7-5-6-8-18(17)22-4/h5-12,15H,13H2,1-4H3. The quantitative estimate of drug-likeness (QED) is 0.818. The molecule has 1 amide bonds. The molecule has 2 aromatic rings. The van der Waals surface area contributed by atoms with Crippen LogP contribution in [0.25, 0.3) is 0 Å². The first-order valence-corrected chi connectivity index (χ1v) is 7.61. The van der Waals surface area contributed by atoms with E-state index in [9.17, 15) is 4.79 Å². The molecule has 0 saturated heterocycles. The van der Waals surface area contributed by atoms with E-state index < -0.39 is 0 Å². The highest BCUT2D eigenvalue weighted by Gasteiger charge is 2.20. The van der Waals surface area contributed by atoms with Crippen molar-refractivity contribution < 1.29 is 14.3 Å². The lowest BCUT2D eigenvalue weighted by Gasteiger charge is -2.26. The van der Waals surface area contributed by atoms with Gasteiger partial charge in [-0.1, -0.05) is 35.9 Å². The Kier molecular flexibility index (Phi) is 5.63. The van der Waals surface area contributed by atoms with E-state index in [-0.39, 0.29) is 18.6 Å². The van der Waals surface area contributed by atoms with Gasteiger partial charge in [0.1, 0.15) is 11.5 Å².